The minimum absolute atomic E-state index is 0. The maximum absolute atomic E-state index is 8.83. The zero-order chi connectivity index (χ0) is 15.9. The summed E-state index contributed by atoms with van der Waals surface area (Å²) in [5, 5.41) is 12.4. The van der Waals surface area contributed by atoms with Crippen molar-refractivity contribution >= 4 is 12.4 Å². The molecule has 1 atom stereocenters. The van der Waals surface area contributed by atoms with Crippen molar-refractivity contribution in [1.82, 2.24) is 15.1 Å². The molecule has 2 rings (SSSR count). The third-order valence-electron chi connectivity index (χ3n) is 4.54. The van der Waals surface area contributed by atoms with E-state index in [4.69, 9.17) is 5.26 Å². The lowest BCUT2D eigenvalue weighted by molar-refractivity contribution is 0.0875. The second-order valence-corrected chi connectivity index (χ2v) is 6.59. The van der Waals surface area contributed by atoms with Crippen LogP contribution in [0.5, 0.6) is 0 Å². The Labute approximate surface area is 146 Å². The highest BCUT2D eigenvalue weighted by atomic mass is 35.5. The van der Waals surface area contributed by atoms with Gasteiger partial charge in [-0.1, -0.05) is 26.0 Å². The molecule has 1 N–H and O–H groups in total. The third-order valence-corrected chi connectivity index (χ3v) is 4.54. The van der Waals surface area contributed by atoms with Gasteiger partial charge < -0.3 is 10.2 Å². The van der Waals surface area contributed by atoms with Gasteiger partial charge in [-0.2, -0.15) is 5.26 Å². The molecule has 1 aliphatic heterocycles. The first-order valence-electron chi connectivity index (χ1n) is 8.22. The maximum Gasteiger partial charge on any atom is 0.0991 e. The SMILES string of the molecule is CC(C)C(CNCc1ccc(C#N)cc1)N1CCN(C)CC1.Cl. The van der Waals surface area contributed by atoms with Crippen LogP contribution in [0.25, 0.3) is 0 Å². The number of hydrogen-bond acceptors (Lipinski definition) is 4. The lowest BCUT2D eigenvalue weighted by Crippen LogP contribution is -2.53. The van der Waals surface area contributed by atoms with Gasteiger partial charge in [0.05, 0.1) is 11.6 Å². The molecule has 0 radical (unpaired) electrons. The number of halogens is 1. The predicted octanol–water partition coefficient (Wildman–Crippen LogP) is 2.34. The molecule has 1 aromatic carbocycles. The van der Waals surface area contributed by atoms with Crippen molar-refractivity contribution < 1.29 is 0 Å². The fraction of sp³-hybridized carbons (Fsp3) is 0.611. The van der Waals surface area contributed by atoms with Crippen LogP contribution in [0.4, 0.5) is 0 Å². The molecule has 1 heterocycles. The van der Waals surface area contributed by atoms with Crippen molar-refractivity contribution in [3.05, 3.63) is 35.4 Å². The Morgan fingerprint density at radius 2 is 1.74 bits per heavy atom. The van der Waals surface area contributed by atoms with Gasteiger partial charge in [0.1, 0.15) is 0 Å². The summed E-state index contributed by atoms with van der Waals surface area (Å²) < 4.78 is 0. The number of nitrogens with one attached hydrogen (secondary N) is 1. The average Bonchev–Trinajstić information content (AvgIpc) is 2.53. The van der Waals surface area contributed by atoms with Crippen molar-refractivity contribution in [2.45, 2.75) is 26.4 Å². The smallest absolute Gasteiger partial charge is 0.0991 e. The van der Waals surface area contributed by atoms with E-state index < -0.39 is 0 Å². The Hall–Kier alpha value is -1.12. The van der Waals surface area contributed by atoms with E-state index in [1.165, 1.54) is 18.7 Å². The van der Waals surface area contributed by atoms with E-state index in [9.17, 15) is 0 Å². The molecule has 1 aliphatic rings. The van der Waals surface area contributed by atoms with Crippen molar-refractivity contribution in [2.24, 2.45) is 5.92 Å². The Morgan fingerprint density at radius 1 is 1.13 bits per heavy atom. The third kappa shape index (κ3) is 6.12. The van der Waals surface area contributed by atoms with Crippen molar-refractivity contribution in [1.29, 1.82) is 5.26 Å². The highest BCUT2D eigenvalue weighted by molar-refractivity contribution is 5.85. The van der Waals surface area contributed by atoms with Gasteiger partial charge in [-0.15, -0.1) is 12.4 Å². The van der Waals surface area contributed by atoms with Crippen LogP contribution >= 0.6 is 12.4 Å². The van der Waals surface area contributed by atoms with Crippen LogP contribution in [0.3, 0.4) is 0 Å². The van der Waals surface area contributed by atoms with Crippen LogP contribution < -0.4 is 5.32 Å². The molecule has 5 heteroatoms. The van der Waals surface area contributed by atoms with Gasteiger partial charge in [0.15, 0.2) is 0 Å². The van der Waals surface area contributed by atoms with Crippen LogP contribution in [0.1, 0.15) is 25.0 Å². The minimum atomic E-state index is 0. The van der Waals surface area contributed by atoms with Crippen molar-refractivity contribution in [3.8, 4) is 6.07 Å². The maximum atomic E-state index is 8.83. The van der Waals surface area contributed by atoms with E-state index in [2.05, 4.69) is 42.1 Å². The van der Waals surface area contributed by atoms with E-state index in [-0.39, 0.29) is 12.4 Å². The van der Waals surface area contributed by atoms with Gasteiger partial charge in [0, 0.05) is 45.3 Å². The topological polar surface area (TPSA) is 42.3 Å². The second kappa shape index (κ2) is 9.89. The van der Waals surface area contributed by atoms with Crippen LogP contribution in [-0.4, -0.2) is 55.6 Å². The van der Waals surface area contributed by atoms with Crippen LogP contribution in [0.2, 0.25) is 0 Å². The molecule has 0 bridgehead atoms. The Morgan fingerprint density at radius 3 is 2.26 bits per heavy atom. The number of nitriles is 1. The Kier molecular flexibility index (Phi) is 8.57. The molecule has 1 unspecified atom stereocenters. The molecule has 1 saturated heterocycles. The van der Waals surface area contributed by atoms with E-state index in [1.807, 2.05) is 24.3 Å². The van der Waals surface area contributed by atoms with Gasteiger partial charge in [-0.3, -0.25) is 4.90 Å². The molecule has 23 heavy (non-hydrogen) atoms. The molecule has 0 aromatic heterocycles. The molecule has 0 saturated carbocycles. The lowest BCUT2D eigenvalue weighted by atomic mass is 10.0. The van der Waals surface area contributed by atoms with Gasteiger partial charge in [-0.05, 0) is 30.7 Å². The standard InChI is InChI=1S/C18H28N4.ClH/c1-15(2)18(22-10-8-21(3)9-11-22)14-20-13-17-6-4-16(12-19)5-7-17;/h4-7,15,18,20H,8-11,13-14H2,1-3H3;1H. The van der Waals surface area contributed by atoms with E-state index in [1.54, 1.807) is 0 Å². The summed E-state index contributed by atoms with van der Waals surface area (Å²) in [4.78, 5) is 5.02. The lowest BCUT2D eigenvalue weighted by Gasteiger charge is -2.40. The van der Waals surface area contributed by atoms with Gasteiger partial charge in [-0.25, -0.2) is 0 Å². The van der Waals surface area contributed by atoms with Crippen molar-refractivity contribution in [3.63, 3.8) is 0 Å². The molecule has 1 aromatic rings. The largest absolute Gasteiger partial charge is 0.311 e. The van der Waals surface area contributed by atoms with Crippen molar-refractivity contribution in [2.75, 3.05) is 39.8 Å². The predicted molar refractivity (Wildman–Crippen MR) is 97.8 cm³/mol. The van der Waals surface area contributed by atoms with Gasteiger partial charge in [0.25, 0.3) is 0 Å². The summed E-state index contributed by atoms with van der Waals surface area (Å²) in [6.07, 6.45) is 0. The summed E-state index contributed by atoms with van der Waals surface area (Å²) in [5.41, 5.74) is 1.96. The first-order chi connectivity index (χ1) is 10.6. The molecule has 1 fully saturated rings. The first kappa shape index (κ1) is 19.9. The number of rotatable bonds is 6. The fourth-order valence-electron chi connectivity index (χ4n) is 3.00. The number of likely N-dealkylation sites (N-methyl/N-ethyl adjacent to an activating group) is 1. The average molecular weight is 337 g/mol. The first-order valence-corrected chi connectivity index (χ1v) is 8.22. The van der Waals surface area contributed by atoms with Crippen LogP contribution in [0, 0.1) is 17.2 Å². The molecule has 4 nitrogen and oxygen atoms in total. The normalized spacial score (nSPS) is 17.5. The summed E-state index contributed by atoms with van der Waals surface area (Å²) in [6, 6.07) is 10.6. The van der Waals surface area contributed by atoms with Gasteiger partial charge in [0.2, 0.25) is 0 Å². The van der Waals surface area contributed by atoms with E-state index >= 15 is 0 Å². The highest BCUT2D eigenvalue weighted by Gasteiger charge is 2.24. The number of benzene rings is 1. The molecule has 0 amide bonds. The summed E-state index contributed by atoms with van der Waals surface area (Å²) >= 11 is 0. The van der Waals surface area contributed by atoms with E-state index in [0.29, 0.717) is 12.0 Å². The summed E-state index contributed by atoms with van der Waals surface area (Å²) in [6.45, 7) is 11.2. The van der Waals surface area contributed by atoms with Gasteiger partial charge >= 0.3 is 0 Å². The molecule has 128 valence electrons. The summed E-state index contributed by atoms with van der Waals surface area (Å²) in [5.74, 6) is 0.650. The Bertz CT molecular complexity index is 487. The van der Waals surface area contributed by atoms with Crippen LogP contribution in [0.15, 0.2) is 24.3 Å². The summed E-state index contributed by atoms with van der Waals surface area (Å²) in [7, 11) is 2.20. The number of hydrogen-bond donors (Lipinski definition) is 1. The minimum Gasteiger partial charge on any atom is -0.311 e. The highest BCUT2D eigenvalue weighted by Crippen LogP contribution is 2.13. The number of nitrogens with zero attached hydrogens (tertiary/aromatic N) is 3. The molecule has 0 spiro atoms. The molecular formula is C18H29ClN4. The zero-order valence-corrected chi connectivity index (χ0v) is 15.3. The Balaban J connectivity index is 0.00000264. The molecule has 0 aliphatic carbocycles. The zero-order valence-electron chi connectivity index (χ0n) is 14.5. The number of piperazine rings is 1. The second-order valence-electron chi connectivity index (χ2n) is 6.59. The molecular weight excluding hydrogens is 308 g/mol. The monoisotopic (exact) mass is 336 g/mol. The van der Waals surface area contributed by atoms with E-state index in [0.717, 1.165) is 31.7 Å². The van der Waals surface area contributed by atoms with Crippen LogP contribution in [-0.2, 0) is 6.54 Å². The fourth-order valence-corrected chi connectivity index (χ4v) is 3.00. The quantitative estimate of drug-likeness (QED) is 0.866.